The first kappa shape index (κ1) is 22.5. The molecule has 0 aliphatic heterocycles. The van der Waals surface area contributed by atoms with E-state index in [0.29, 0.717) is 0 Å². The normalized spacial score (nSPS) is 23.8. The zero-order valence-corrected chi connectivity index (χ0v) is 17.1. The lowest BCUT2D eigenvalue weighted by Crippen LogP contribution is -2.21. The van der Waals surface area contributed by atoms with Gasteiger partial charge in [0.25, 0.3) is 0 Å². The summed E-state index contributed by atoms with van der Waals surface area (Å²) >= 11 is 0. The number of carboxylic acid groups (broad SMARTS) is 1. The van der Waals surface area contributed by atoms with Crippen molar-refractivity contribution in [3.05, 3.63) is 47.0 Å². The van der Waals surface area contributed by atoms with E-state index in [1.54, 1.807) is 0 Å². The van der Waals surface area contributed by atoms with Gasteiger partial charge in [-0.2, -0.15) is 0 Å². The van der Waals surface area contributed by atoms with E-state index in [1.165, 1.54) is 11.6 Å². The first-order valence-corrected chi connectivity index (χ1v) is 9.66. The topological polar surface area (TPSA) is 116 Å². The van der Waals surface area contributed by atoms with Crippen molar-refractivity contribution in [2.24, 2.45) is 29.4 Å². The van der Waals surface area contributed by atoms with Crippen LogP contribution in [-0.4, -0.2) is 29.7 Å². The number of ether oxygens (including phenoxy) is 2. The molecule has 1 amide bonds. The van der Waals surface area contributed by atoms with Gasteiger partial charge in [-0.15, -0.1) is 0 Å². The zero-order valence-electron chi connectivity index (χ0n) is 17.1. The molecule has 2 aliphatic carbocycles. The number of aryl methyl sites for hydroxylation is 3. The smallest absolute Gasteiger partial charge is 0.404 e. The Labute approximate surface area is 170 Å². The minimum atomic E-state index is -0.766. The summed E-state index contributed by atoms with van der Waals surface area (Å²) in [6.07, 6.45) is 2.29. The Hall–Kier alpha value is -2.83. The number of hydrogen-bond acceptors (Lipinski definition) is 5. The lowest BCUT2D eigenvalue weighted by Gasteiger charge is -2.15. The van der Waals surface area contributed by atoms with Crippen molar-refractivity contribution < 1.29 is 29.0 Å². The van der Waals surface area contributed by atoms with Crippen molar-refractivity contribution in [1.29, 1.82) is 0 Å². The van der Waals surface area contributed by atoms with Gasteiger partial charge in [-0.3, -0.25) is 9.59 Å². The molecule has 4 atom stereocenters. The third-order valence-corrected chi connectivity index (χ3v) is 5.64. The second-order valence-corrected chi connectivity index (χ2v) is 7.69. The second kappa shape index (κ2) is 9.58. The van der Waals surface area contributed by atoms with Crippen molar-refractivity contribution in [2.75, 3.05) is 6.61 Å². The molecule has 0 radical (unpaired) electrons. The lowest BCUT2D eigenvalue weighted by molar-refractivity contribution is -0.151. The fourth-order valence-corrected chi connectivity index (χ4v) is 4.34. The summed E-state index contributed by atoms with van der Waals surface area (Å²) in [5.74, 6) is -1.34. The Balaban J connectivity index is 0.000000370. The summed E-state index contributed by atoms with van der Waals surface area (Å²) in [7, 11) is 0. The predicted molar refractivity (Wildman–Crippen MR) is 107 cm³/mol. The lowest BCUT2D eigenvalue weighted by atomic mass is 9.99. The fraction of sp³-hybridized carbons (Fsp3) is 0.500. The van der Waals surface area contributed by atoms with Crippen molar-refractivity contribution >= 4 is 18.0 Å². The van der Waals surface area contributed by atoms with Gasteiger partial charge in [0, 0.05) is 0 Å². The molecule has 7 heteroatoms. The van der Waals surface area contributed by atoms with Crippen LogP contribution < -0.4 is 5.73 Å². The molecule has 0 bridgehead atoms. The maximum atomic E-state index is 12.3. The van der Waals surface area contributed by atoms with Gasteiger partial charge >= 0.3 is 18.0 Å². The number of esters is 1. The summed E-state index contributed by atoms with van der Waals surface area (Å²) in [5.41, 5.74) is 9.08. The zero-order chi connectivity index (χ0) is 21.7. The summed E-state index contributed by atoms with van der Waals surface area (Å²) in [4.78, 5) is 33.1. The highest BCUT2D eigenvalue weighted by molar-refractivity contribution is 5.80. The summed E-state index contributed by atoms with van der Waals surface area (Å²) in [6, 6.07) is 4.17. The van der Waals surface area contributed by atoms with E-state index in [4.69, 9.17) is 9.84 Å². The van der Waals surface area contributed by atoms with E-state index in [1.807, 2.05) is 20.8 Å². The number of aliphatic carboxylic acids is 1. The van der Waals surface area contributed by atoms with Crippen LogP contribution in [0.15, 0.2) is 24.8 Å². The van der Waals surface area contributed by atoms with Gasteiger partial charge in [0.1, 0.15) is 13.2 Å². The molecular weight excluding hydrogens is 374 g/mol. The molecule has 2 fully saturated rings. The molecule has 0 saturated heterocycles. The van der Waals surface area contributed by atoms with Crippen LogP contribution in [-0.2, 0) is 25.7 Å². The van der Waals surface area contributed by atoms with Gasteiger partial charge in [-0.25, -0.2) is 4.79 Å². The molecule has 0 heterocycles. The number of benzene rings is 1. The van der Waals surface area contributed by atoms with E-state index in [2.05, 4.69) is 29.2 Å². The van der Waals surface area contributed by atoms with E-state index >= 15 is 0 Å². The molecule has 1 aromatic carbocycles. The number of carbonyl (C=O) groups is 3. The number of nitrogens with two attached hydrogens (primary N) is 1. The number of fused-ring (bicyclic) bond motifs is 1. The second-order valence-electron chi connectivity index (χ2n) is 7.69. The van der Waals surface area contributed by atoms with E-state index in [9.17, 15) is 14.4 Å². The first-order valence-electron chi connectivity index (χ1n) is 9.66. The molecular formula is C22H29NO6. The van der Waals surface area contributed by atoms with Gasteiger partial charge in [0.05, 0.1) is 11.8 Å². The van der Waals surface area contributed by atoms with Crippen LogP contribution >= 0.6 is 0 Å². The Morgan fingerprint density at radius 2 is 1.79 bits per heavy atom. The molecule has 3 N–H and O–H groups in total. The highest BCUT2D eigenvalue weighted by Crippen LogP contribution is 2.60. The van der Waals surface area contributed by atoms with E-state index in [-0.39, 0.29) is 42.9 Å². The summed E-state index contributed by atoms with van der Waals surface area (Å²) < 4.78 is 9.72. The average Bonchev–Trinajstić information content (AvgIpc) is 3.19. The SMILES string of the molecule is C=CCOC(N)=O.Cc1cc(C)c(COC(=O)C2CCC3C(C(=O)O)C23)c(C)c1. The number of hydrogen-bond donors (Lipinski definition) is 2. The maximum Gasteiger partial charge on any atom is 0.404 e. The van der Waals surface area contributed by atoms with Crippen LogP contribution in [0.4, 0.5) is 4.79 Å². The third kappa shape index (κ3) is 5.59. The molecule has 0 spiro atoms. The number of carbonyl (C=O) groups excluding carboxylic acids is 2. The highest BCUT2D eigenvalue weighted by Gasteiger charge is 2.63. The average molecular weight is 403 g/mol. The van der Waals surface area contributed by atoms with Crippen molar-refractivity contribution in [1.82, 2.24) is 0 Å². The predicted octanol–water partition coefficient (Wildman–Crippen LogP) is 3.28. The first-order chi connectivity index (χ1) is 13.7. The van der Waals surface area contributed by atoms with Crippen molar-refractivity contribution in [2.45, 2.75) is 40.2 Å². The van der Waals surface area contributed by atoms with Crippen LogP contribution in [0.2, 0.25) is 0 Å². The van der Waals surface area contributed by atoms with Gasteiger partial charge in [-0.1, -0.05) is 30.4 Å². The van der Waals surface area contributed by atoms with Crippen molar-refractivity contribution in [3.63, 3.8) is 0 Å². The number of primary amides is 1. The molecule has 1 aromatic rings. The van der Waals surface area contributed by atoms with Gasteiger partial charge in [0.15, 0.2) is 0 Å². The monoisotopic (exact) mass is 403 g/mol. The van der Waals surface area contributed by atoms with Crippen LogP contribution in [0.3, 0.4) is 0 Å². The van der Waals surface area contributed by atoms with Gasteiger partial charge < -0.3 is 20.3 Å². The quantitative estimate of drug-likeness (QED) is 0.556. The summed E-state index contributed by atoms with van der Waals surface area (Å²) in [5, 5.41) is 9.11. The van der Waals surface area contributed by atoms with Crippen LogP contribution in [0.1, 0.15) is 35.1 Å². The maximum absolute atomic E-state index is 12.3. The minimum Gasteiger partial charge on any atom is -0.481 e. The Bertz CT molecular complexity index is 779. The largest absolute Gasteiger partial charge is 0.481 e. The van der Waals surface area contributed by atoms with Crippen LogP contribution in [0.5, 0.6) is 0 Å². The van der Waals surface area contributed by atoms with Crippen molar-refractivity contribution in [3.8, 4) is 0 Å². The highest BCUT2D eigenvalue weighted by atomic mass is 16.5. The number of carboxylic acids is 1. The Kier molecular flexibility index (Phi) is 7.42. The van der Waals surface area contributed by atoms with Gasteiger partial charge in [0.2, 0.25) is 0 Å². The number of rotatable bonds is 6. The van der Waals surface area contributed by atoms with Gasteiger partial charge in [-0.05, 0) is 62.1 Å². The molecule has 3 rings (SSSR count). The minimum absolute atomic E-state index is 0.00483. The molecule has 4 unspecified atom stereocenters. The fourth-order valence-electron chi connectivity index (χ4n) is 4.34. The van der Waals surface area contributed by atoms with E-state index in [0.717, 1.165) is 29.5 Å². The Morgan fingerprint density at radius 3 is 2.24 bits per heavy atom. The molecule has 2 saturated carbocycles. The molecule has 0 aromatic heterocycles. The van der Waals surface area contributed by atoms with Crippen LogP contribution in [0.25, 0.3) is 0 Å². The van der Waals surface area contributed by atoms with Crippen LogP contribution in [0, 0.1) is 44.4 Å². The van der Waals surface area contributed by atoms with E-state index < -0.39 is 12.1 Å². The molecule has 2 aliphatic rings. The molecule has 158 valence electrons. The standard InChI is InChI=1S/C18H22O4.C4H7NO2/c1-9-6-10(2)14(11(3)7-9)8-22-18(21)13-5-4-12-15(13)16(12)17(19)20;1-2-3-7-4(5)6/h6-7,12-13,15-16H,4-5,8H2,1-3H3,(H,19,20);2H,1,3H2,(H2,5,6). The number of amides is 1. The Morgan fingerprint density at radius 1 is 1.17 bits per heavy atom. The molecule has 7 nitrogen and oxygen atoms in total. The summed E-state index contributed by atoms with van der Waals surface area (Å²) in [6.45, 7) is 9.87. The third-order valence-electron chi connectivity index (χ3n) is 5.64. The molecule has 29 heavy (non-hydrogen) atoms.